The average molecular weight is 408 g/mol. The Hall–Kier alpha value is -2.38. The summed E-state index contributed by atoms with van der Waals surface area (Å²) >= 11 is 3.50. The molecule has 7 heteroatoms. The van der Waals surface area contributed by atoms with Gasteiger partial charge in [0, 0.05) is 42.3 Å². The average Bonchev–Trinajstić information content (AvgIpc) is 3.36. The molecule has 0 atom stereocenters. The molecule has 28 heavy (non-hydrogen) atoms. The molecule has 1 aliphatic heterocycles. The van der Waals surface area contributed by atoms with E-state index in [1.807, 2.05) is 31.5 Å². The maximum Gasteiger partial charge on any atom is 0.141 e. The van der Waals surface area contributed by atoms with Gasteiger partial charge in [-0.2, -0.15) is 0 Å². The number of nitrogens with zero attached hydrogens (tertiary/aromatic N) is 5. The second-order valence-corrected chi connectivity index (χ2v) is 9.01. The second-order valence-electron chi connectivity index (χ2n) is 7.26. The highest BCUT2D eigenvalue weighted by Gasteiger charge is 2.26. The predicted octanol–water partition coefficient (Wildman–Crippen LogP) is 5.21. The van der Waals surface area contributed by atoms with E-state index in [1.165, 1.54) is 16.0 Å². The van der Waals surface area contributed by atoms with E-state index in [9.17, 15) is 0 Å². The fraction of sp³-hybridized carbons (Fsp3) is 0.333. The topological polar surface area (TPSA) is 54.8 Å². The van der Waals surface area contributed by atoms with Crippen LogP contribution < -0.4 is 4.90 Å². The Morgan fingerprint density at radius 1 is 0.964 bits per heavy atom. The maximum absolute atomic E-state index is 4.92. The number of aryl methyl sites for hydroxylation is 2. The molecular formula is C21H21N5S2. The zero-order valence-electron chi connectivity index (χ0n) is 15.9. The van der Waals surface area contributed by atoms with Crippen molar-refractivity contribution in [2.24, 2.45) is 0 Å². The van der Waals surface area contributed by atoms with E-state index in [0.29, 0.717) is 5.92 Å². The van der Waals surface area contributed by atoms with Crippen LogP contribution in [0.25, 0.3) is 21.5 Å². The molecule has 5 heterocycles. The van der Waals surface area contributed by atoms with Gasteiger partial charge in [0.25, 0.3) is 0 Å². The summed E-state index contributed by atoms with van der Waals surface area (Å²) in [7, 11) is 0. The van der Waals surface area contributed by atoms with Crippen LogP contribution in [0, 0.1) is 13.8 Å². The highest BCUT2D eigenvalue weighted by molar-refractivity contribution is 7.17. The number of hydrogen-bond donors (Lipinski definition) is 0. The normalized spacial score (nSPS) is 15.4. The molecule has 0 bridgehead atoms. The minimum atomic E-state index is 0.527. The van der Waals surface area contributed by atoms with Crippen LogP contribution in [0.5, 0.6) is 0 Å². The van der Waals surface area contributed by atoms with Crippen molar-refractivity contribution in [1.29, 1.82) is 0 Å². The number of pyridine rings is 1. The Morgan fingerprint density at radius 3 is 2.54 bits per heavy atom. The van der Waals surface area contributed by atoms with Gasteiger partial charge in [-0.1, -0.05) is 0 Å². The van der Waals surface area contributed by atoms with Gasteiger partial charge in [0.05, 0.1) is 16.1 Å². The van der Waals surface area contributed by atoms with Gasteiger partial charge in [0.15, 0.2) is 0 Å². The van der Waals surface area contributed by atoms with Crippen molar-refractivity contribution >= 4 is 38.7 Å². The van der Waals surface area contributed by atoms with Gasteiger partial charge in [-0.3, -0.25) is 4.98 Å². The van der Waals surface area contributed by atoms with E-state index in [1.54, 1.807) is 22.7 Å². The first-order valence-electron chi connectivity index (χ1n) is 9.52. The lowest BCUT2D eigenvalue weighted by atomic mass is 9.97. The lowest BCUT2D eigenvalue weighted by Crippen LogP contribution is -2.33. The van der Waals surface area contributed by atoms with Crippen LogP contribution in [-0.4, -0.2) is 33.0 Å². The van der Waals surface area contributed by atoms with Crippen molar-refractivity contribution in [3.05, 3.63) is 51.7 Å². The van der Waals surface area contributed by atoms with Gasteiger partial charge in [-0.05, 0) is 49.8 Å². The first-order chi connectivity index (χ1) is 13.7. The number of anilines is 1. The standard InChI is InChI=1S/C21H21N5S2/c1-13-11-27-21-18(13)19(23-14(2)24-21)26-9-5-16(6-10-26)20-25-17(12-28-20)15-3-7-22-8-4-15/h3-4,7-8,11-12,16H,5-6,9-10H2,1-2H3. The minimum absolute atomic E-state index is 0.527. The van der Waals surface area contributed by atoms with E-state index in [-0.39, 0.29) is 0 Å². The second kappa shape index (κ2) is 7.22. The van der Waals surface area contributed by atoms with Gasteiger partial charge in [-0.15, -0.1) is 22.7 Å². The molecule has 1 saturated heterocycles. The molecule has 0 amide bonds. The molecule has 0 aliphatic carbocycles. The van der Waals surface area contributed by atoms with Crippen molar-refractivity contribution in [1.82, 2.24) is 19.9 Å². The number of fused-ring (bicyclic) bond motifs is 1. The number of thiazole rings is 1. The number of aromatic nitrogens is 4. The van der Waals surface area contributed by atoms with Crippen LogP contribution in [0.2, 0.25) is 0 Å². The summed E-state index contributed by atoms with van der Waals surface area (Å²) in [6.45, 7) is 6.16. The molecule has 0 unspecified atom stereocenters. The molecule has 1 aliphatic rings. The molecule has 4 aromatic rings. The lowest BCUT2D eigenvalue weighted by Gasteiger charge is -2.32. The molecule has 5 nitrogen and oxygen atoms in total. The van der Waals surface area contributed by atoms with Crippen molar-refractivity contribution in [3.8, 4) is 11.3 Å². The first kappa shape index (κ1) is 17.7. The van der Waals surface area contributed by atoms with E-state index in [0.717, 1.165) is 53.7 Å². The van der Waals surface area contributed by atoms with Gasteiger partial charge in [0.1, 0.15) is 16.5 Å². The van der Waals surface area contributed by atoms with E-state index < -0.39 is 0 Å². The molecule has 1 fully saturated rings. The third kappa shape index (κ3) is 3.18. The van der Waals surface area contributed by atoms with E-state index >= 15 is 0 Å². The third-order valence-corrected chi connectivity index (χ3v) is 7.35. The molecule has 0 spiro atoms. The van der Waals surface area contributed by atoms with E-state index in [4.69, 9.17) is 9.97 Å². The zero-order chi connectivity index (χ0) is 19.1. The Kier molecular flexibility index (Phi) is 4.56. The smallest absolute Gasteiger partial charge is 0.141 e. The van der Waals surface area contributed by atoms with Gasteiger partial charge >= 0.3 is 0 Å². The number of piperidine rings is 1. The third-order valence-electron chi connectivity index (χ3n) is 5.35. The van der Waals surface area contributed by atoms with Crippen molar-refractivity contribution in [3.63, 3.8) is 0 Å². The SMILES string of the molecule is Cc1nc(N2CCC(c3nc(-c4ccncc4)cs3)CC2)c2c(C)csc2n1. The molecular weight excluding hydrogens is 386 g/mol. The van der Waals surface area contributed by atoms with Crippen molar-refractivity contribution in [2.45, 2.75) is 32.6 Å². The zero-order valence-corrected chi connectivity index (χ0v) is 17.6. The van der Waals surface area contributed by atoms with Crippen molar-refractivity contribution in [2.75, 3.05) is 18.0 Å². The van der Waals surface area contributed by atoms with Crippen LogP contribution >= 0.6 is 22.7 Å². The summed E-state index contributed by atoms with van der Waals surface area (Å²) in [5.74, 6) is 2.49. The van der Waals surface area contributed by atoms with Gasteiger partial charge in [-0.25, -0.2) is 15.0 Å². The van der Waals surface area contributed by atoms with Gasteiger partial charge < -0.3 is 4.90 Å². The Bertz CT molecular complexity index is 1110. The Morgan fingerprint density at radius 2 is 1.75 bits per heavy atom. The fourth-order valence-electron chi connectivity index (χ4n) is 3.86. The summed E-state index contributed by atoms with van der Waals surface area (Å²) in [6.07, 6.45) is 5.86. The van der Waals surface area contributed by atoms with Crippen LogP contribution in [0.1, 0.15) is 35.2 Å². The van der Waals surface area contributed by atoms with Crippen LogP contribution in [0.4, 0.5) is 5.82 Å². The molecule has 142 valence electrons. The molecule has 0 N–H and O–H groups in total. The number of thiophene rings is 1. The summed E-state index contributed by atoms with van der Waals surface area (Å²) in [5.41, 5.74) is 3.48. The molecule has 0 saturated carbocycles. The van der Waals surface area contributed by atoms with Crippen LogP contribution in [0.3, 0.4) is 0 Å². The highest BCUT2D eigenvalue weighted by atomic mass is 32.1. The Labute approximate surface area is 172 Å². The fourth-order valence-corrected chi connectivity index (χ4v) is 5.83. The molecule has 5 rings (SSSR count). The summed E-state index contributed by atoms with van der Waals surface area (Å²) < 4.78 is 0. The molecule has 0 aromatic carbocycles. The summed E-state index contributed by atoms with van der Waals surface area (Å²) in [6, 6.07) is 4.04. The first-order valence-corrected chi connectivity index (χ1v) is 11.3. The monoisotopic (exact) mass is 407 g/mol. The quantitative estimate of drug-likeness (QED) is 0.466. The van der Waals surface area contributed by atoms with E-state index in [2.05, 4.69) is 32.6 Å². The largest absolute Gasteiger partial charge is 0.356 e. The summed E-state index contributed by atoms with van der Waals surface area (Å²) in [5, 5.41) is 6.83. The number of rotatable bonds is 3. The van der Waals surface area contributed by atoms with Crippen LogP contribution in [-0.2, 0) is 0 Å². The molecule has 4 aromatic heterocycles. The lowest BCUT2D eigenvalue weighted by molar-refractivity contribution is 0.501. The number of hydrogen-bond acceptors (Lipinski definition) is 7. The summed E-state index contributed by atoms with van der Waals surface area (Å²) in [4.78, 5) is 22.0. The highest BCUT2D eigenvalue weighted by Crippen LogP contribution is 2.37. The Balaban J connectivity index is 1.35. The van der Waals surface area contributed by atoms with Gasteiger partial charge in [0.2, 0.25) is 0 Å². The minimum Gasteiger partial charge on any atom is -0.356 e. The maximum atomic E-state index is 4.92. The molecule has 0 radical (unpaired) electrons. The predicted molar refractivity (Wildman–Crippen MR) is 116 cm³/mol. The van der Waals surface area contributed by atoms with Crippen LogP contribution in [0.15, 0.2) is 35.3 Å². The van der Waals surface area contributed by atoms with Crippen molar-refractivity contribution < 1.29 is 0 Å².